The van der Waals surface area contributed by atoms with Crippen LogP contribution in [0.25, 0.3) is 0 Å². The van der Waals surface area contributed by atoms with E-state index < -0.39 is 24.2 Å². The van der Waals surface area contributed by atoms with Gasteiger partial charge in [-0.3, -0.25) is 14.5 Å². The van der Waals surface area contributed by atoms with Crippen molar-refractivity contribution in [3.8, 4) is 0 Å². The lowest BCUT2D eigenvalue weighted by Gasteiger charge is -2.28. The number of thioether (sulfide) groups is 1. The maximum atomic E-state index is 12.3. The summed E-state index contributed by atoms with van der Waals surface area (Å²) in [5.74, 6) is -3.90. The Morgan fingerprint density at radius 3 is 2.64 bits per heavy atom. The van der Waals surface area contributed by atoms with Gasteiger partial charge in [-0.05, 0) is 23.3 Å². The monoisotopic (exact) mass is 419 g/mol. The minimum Gasteiger partial charge on any atom is -0.488 e. The largest absolute Gasteiger partial charge is 0.488 e. The standard InChI is InChI=1S/C19H17NO6S2/c21-16(22)10-20-17(23)14(28-18(20)27)8-13-6-7-15(19(24,25)9-13)26-11-12-4-2-1-3-5-12/h1-8,24-25H,9-11H2,(H,21,22)/b14-8-. The maximum Gasteiger partial charge on any atom is 0.323 e. The van der Waals surface area contributed by atoms with E-state index in [9.17, 15) is 19.8 Å². The number of allylic oxidation sites excluding steroid dienone is 3. The Morgan fingerprint density at radius 2 is 2.00 bits per heavy atom. The Bertz CT molecular complexity index is 904. The van der Waals surface area contributed by atoms with Crippen LogP contribution in [0.3, 0.4) is 0 Å². The molecular formula is C19H17NO6S2. The first-order valence-corrected chi connectivity index (χ1v) is 9.49. The Labute approximate surface area is 170 Å². The fourth-order valence-corrected chi connectivity index (χ4v) is 3.96. The van der Waals surface area contributed by atoms with Crippen molar-refractivity contribution in [2.75, 3.05) is 6.54 Å². The van der Waals surface area contributed by atoms with Crippen molar-refractivity contribution >= 4 is 40.2 Å². The predicted octanol–water partition coefficient (Wildman–Crippen LogP) is 1.93. The third-order valence-electron chi connectivity index (χ3n) is 4.01. The normalized spacial score (nSPS) is 20.2. The van der Waals surface area contributed by atoms with Gasteiger partial charge in [0.1, 0.15) is 17.5 Å². The highest BCUT2D eigenvalue weighted by Gasteiger charge is 2.36. The number of amides is 1. The van der Waals surface area contributed by atoms with Crippen LogP contribution in [0, 0.1) is 0 Å². The average Bonchev–Trinajstić information content (AvgIpc) is 2.88. The van der Waals surface area contributed by atoms with Crippen molar-refractivity contribution < 1.29 is 29.6 Å². The molecule has 0 radical (unpaired) electrons. The summed E-state index contributed by atoms with van der Waals surface area (Å²) in [6.07, 6.45) is 4.36. The van der Waals surface area contributed by atoms with Crippen molar-refractivity contribution in [2.45, 2.75) is 18.8 Å². The summed E-state index contributed by atoms with van der Waals surface area (Å²) >= 11 is 6.01. The van der Waals surface area contributed by atoms with E-state index in [-0.39, 0.29) is 28.0 Å². The first-order chi connectivity index (χ1) is 13.3. The fraction of sp³-hybridized carbons (Fsp3) is 0.211. The second-order valence-corrected chi connectivity index (χ2v) is 7.88. The van der Waals surface area contributed by atoms with Gasteiger partial charge in [0.2, 0.25) is 5.79 Å². The third-order valence-corrected chi connectivity index (χ3v) is 5.39. The molecule has 1 aromatic carbocycles. The highest BCUT2D eigenvalue weighted by atomic mass is 32.2. The molecule has 9 heteroatoms. The van der Waals surface area contributed by atoms with Crippen LogP contribution in [0.2, 0.25) is 0 Å². The zero-order valence-corrected chi connectivity index (χ0v) is 16.2. The van der Waals surface area contributed by atoms with Crippen LogP contribution in [0.15, 0.2) is 64.8 Å². The molecule has 1 aromatic rings. The van der Waals surface area contributed by atoms with Gasteiger partial charge >= 0.3 is 5.97 Å². The third kappa shape index (κ3) is 4.68. The van der Waals surface area contributed by atoms with Crippen LogP contribution >= 0.6 is 24.0 Å². The van der Waals surface area contributed by atoms with Crippen LogP contribution in [0.1, 0.15) is 12.0 Å². The van der Waals surface area contributed by atoms with Crippen molar-refractivity contribution in [1.82, 2.24) is 4.90 Å². The molecule has 3 rings (SSSR count). The number of aliphatic carboxylic acids is 1. The molecule has 2 aliphatic rings. The first kappa shape index (κ1) is 20.3. The van der Waals surface area contributed by atoms with Gasteiger partial charge in [0.25, 0.3) is 5.91 Å². The molecule has 3 N–H and O–H groups in total. The van der Waals surface area contributed by atoms with Crippen LogP contribution in [0.4, 0.5) is 0 Å². The molecule has 28 heavy (non-hydrogen) atoms. The molecule has 1 saturated heterocycles. The number of benzene rings is 1. The van der Waals surface area contributed by atoms with E-state index in [2.05, 4.69) is 0 Å². The Morgan fingerprint density at radius 1 is 1.29 bits per heavy atom. The van der Waals surface area contributed by atoms with Crippen molar-refractivity contribution in [1.29, 1.82) is 0 Å². The molecule has 0 spiro atoms. The van der Waals surface area contributed by atoms with E-state index in [0.717, 1.165) is 22.2 Å². The minimum atomic E-state index is -2.22. The topological polar surface area (TPSA) is 107 Å². The molecule has 1 aliphatic heterocycles. The highest BCUT2D eigenvalue weighted by molar-refractivity contribution is 8.26. The lowest BCUT2D eigenvalue weighted by Crippen LogP contribution is -2.34. The summed E-state index contributed by atoms with van der Waals surface area (Å²) in [7, 11) is 0. The number of nitrogens with zero attached hydrogens (tertiary/aromatic N) is 1. The highest BCUT2D eigenvalue weighted by Crippen LogP contribution is 2.35. The molecule has 0 unspecified atom stereocenters. The van der Waals surface area contributed by atoms with E-state index >= 15 is 0 Å². The first-order valence-electron chi connectivity index (χ1n) is 8.26. The lowest BCUT2D eigenvalue weighted by molar-refractivity contribution is -0.160. The number of rotatable bonds is 6. The molecule has 7 nitrogen and oxygen atoms in total. The lowest BCUT2D eigenvalue weighted by atomic mass is 9.97. The quantitative estimate of drug-likeness (QED) is 0.365. The average molecular weight is 419 g/mol. The Hall–Kier alpha value is -2.46. The number of hydrogen-bond acceptors (Lipinski definition) is 7. The van der Waals surface area contributed by atoms with Gasteiger partial charge in [-0.2, -0.15) is 0 Å². The minimum absolute atomic E-state index is 0.00642. The van der Waals surface area contributed by atoms with E-state index in [0.29, 0.717) is 5.57 Å². The van der Waals surface area contributed by atoms with Gasteiger partial charge in [-0.15, -0.1) is 0 Å². The Balaban J connectivity index is 1.73. The number of ether oxygens (including phenoxy) is 1. The molecule has 1 heterocycles. The van der Waals surface area contributed by atoms with Crippen LogP contribution in [-0.2, 0) is 20.9 Å². The summed E-state index contributed by atoms with van der Waals surface area (Å²) in [6, 6.07) is 9.32. The van der Waals surface area contributed by atoms with Crippen molar-refractivity contribution in [3.63, 3.8) is 0 Å². The van der Waals surface area contributed by atoms with Gasteiger partial charge in [-0.25, -0.2) is 0 Å². The maximum absolute atomic E-state index is 12.3. The SMILES string of the molecule is O=C(O)CN1C(=O)/C(=C/C2=CC=C(OCc3ccccc3)C(O)(O)C2)SC1=S. The number of carbonyl (C=O) groups excluding carboxylic acids is 1. The van der Waals surface area contributed by atoms with Crippen LogP contribution < -0.4 is 0 Å². The van der Waals surface area contributed by atoms with Crippen LogP contribution in [0.5, 0.6) is 0 Å². The summed E-state index contributed by atoms with van der Waals surface area (Å²) in [5.41, 5.74) is 1.36. The van der Waals surface area contributed by atoms with Gasteiger partial charge < -0.3 is 20.1 Å². The van der Waals surface area contributed by atoms with E-state index in [1.807, 2.05) is 30.3 Å². The molecule has 1 aliphatic carbocycles. The Kier molecular flexibility index (Phi) is 5.99. The summed E-state index contributed by atoms with van der Waals surface area (Å²) < 4.78 is 5.68. The zero-order chi connectivity index (χ0) is 20.3. The van der Waals surface area contributed by atoms with Gasteiger partial charge in [-0.1, -0.05) is 60.4 Å². The second kappa shape index (κ2) is 8.27. The van der Waals surface area contributed by atoms with Gasteiger partial charge in [0, 0.05) is 6.42 Å². The fourth-order valence-electron chi connectivity index (χ4n) is 2.68. The molecule has 1 amide bonds. The molecule has 0 aromatic heterocycles. The smallest absolute Gasteiger partial charge is 0.323 e. The van der Waals surface area contributed by atoms with E-state index in [1.54, 1.807) is 6.08 Å². The molecule has 1 fully saturated rings. The van der Waals surface area contributed by atoms with Crippen molar-refractivity contribution in [3.05, 3.63) is 70.4 Å². The second-order valence-electron chi connectivity index (χ2n) is 6.20. The number of carboxylic acids is 1. The zero-order valence-electron chi connectivity index (χ0n) is 14.6. The summed E-state index contributed by atoms with van der Waals surface area (Å²) in [6.45, 7) is -0.324. The molecule has 0 saturated carbocycles. The van der Waals surface area contributed by atoms with Crippen LogP contribution in [-0.4, -0.2) is 48.7 Å². The van der Waals surface area contributed by atoms with E-state index in [4.69, 9.17) is 22.1 Å². The number of carbonyl (C=O) groups is 2. The molecule has 0 atom stereocenters. The van der Waals surface area contributed by atoms with Gasteiger partial charge in [0.05, 0.1) is 4.91 Å². The number of thiocarbonyl (C=S) groups is 1. The number of hydrogen-bond donors (Lipinski definition) is 3. The van der Waals surface area contributed by atoms with Gasteiger partial charge in [0.15, 0.2) is 5.76 Å². The summed E-state index contributed by atoms with van der Waals surface area (Å²) in [5, 5.41) is 29.5. The summed E-state index contributed by atoms with van der Waals surface area (Å²) in [4.78, 5) is 24.4. The predicted molar refractivity (Wildman–Crippen MR) is 107 cm³/mol. The number of carboxylic acid groups (broad SMARTS) is 1. The molecule has 146 valence electrons. The van der Waals surface area contributed by atoms with E-state index in [1.165, 1.54) is 12.2 Å². The molecule has 0 bridgehead atoms. The number of aliphatic hydroxyl groups is 2. The van der Waals surface area contributed by atoms with Crippen molar-refractivity contribution in [2.24, 2.45) is 0 Å². The molecular weight excluding hydrogens is 402 g/mol.